The molecule has 12 N–H and O–H groups in total. The van der Waals surface area contributed by atoms with Gasteiger partial charge in [0.05, 0.1) is 25.2 Å². The Labute approximate surface area is 286 Å². The number of aromatic nitrogens is 2. The second kappa shape index (κ2) is 19.8. The molecule has 1 aromatic heterocycles. The van der Waals surface area contributed by atoms with E-state index in [2.05, 4.69) is 36.6 Å². The number of nitrogens with zero attached hydrogens (tertiary/aromatic N) is 1. The van der Waals surface area contributed by atoms with Crippen LogP contribution in [-0.2, 0) is 51.2 Å². The van der Waals surface area contributed by atoms with Gasteiger partial charge in [-0.25, -0.2) is 4.98 Å². The fourth-order valence-electron chi connectivity index (χ4n) is 4.63. The van der Waals surface area contributed by atoms with E-state index in [-0.39, 0.29) is 12.8 Å². The third-order valence-corrected chi connectivity index (χ3v) is 7.50. The standard InChI is InChI=1S/C31H43N9O10/c1-3-16(2)26(31(50)39-22(12-23(33)41)28(47)35-14-25(44)45)40-30(49)21(10-18-13-34-15-36-18)38-29(48)20(9-17-7-5-4-6-8-17)37-27(46)19(32)11-24(42)43/h4-8,13,15-16,19-22,26H,3,9-12,14,32H2,1-2H3,(H2,33,41)(H,34,36)(H,35,47)(H,37,46)(H,38,48)(H,39,50)(H,40,49)(H,42,43)(H,44,45)/t16-,19-,20-,21-,22-,26-/m0/s1. The molecule has 0 aliphatic heterocycles. The highest BCUT2D eigenvalue weighted by Gasteiger charge is 2.34. The number of hydrogen-bond donors (Lipinski definition) is 10. The maximum atomic E-state index is 13.8. The average molecular weight is 702 g/mol. The van der Waals surface area contributed by atoms with Crippen molar-refractivity contribution in [2.45, 2.75) is 76.2 Å². The highest BCUT2D eigenvalue weighted by Crippen LogP contribution is 2.11. The molecule has 2 aromatic rings. The summed E-state index contributed by atoms with van der Waals surface area (Å²) >= 11 is 0. The van der Waals surface area contributed by atoms with Crippen LogP contribution in [-0.4, -0.2) is 104 Å². The monoisotopic (exact) mass is 701 g/mol. The van der Waals surface area contributed by atoms with Crippen LogP contribution in [0.4, 0.5) is 0 Å². The summed E-state index contributed by atoms with van der Waals surface area (Å²) in [7, 11) is 0. The fraction of sp³-hybridized carbons (Fsp3) is 0.452. The van der Waals surface area contributed by atoms with Crippen molar-refractivity contribution < 1.29 is 48.6 Å². The van der Waals surface area contributed by atoms with Crippen LogP contribution in [0.2, 0.25) is 0 Å². The fourth-order valence-corrected chi connectivity index (χ4v) is 4.63. The first kappa shape index (κ1) is 40.3. The maximum absolute atomic E-state index is 13.8. The first-order valence-corrected chi connectivity index (χ1v) is 15.6. The van der Waals surface area contributed by atoms with Crippen LogP contribution in [0.3, 0.4) is 0 Å². The number of hydrogen-bond acceptors (Lipinski definition) is 10. The Bertz CT molecular complexity index is 1500. The van der Waals surface area contributed by atoms with E-state index in [0.29, 0.717) is 17.7 Å². The molecule has 19 nitrogen and oxygen atoms in total. The summed E-state index contributed by atoms with van der Waals surface area (Å²) in [5.74, 6) is -8.68. The normalized spacial score (nSPS) is 14.4. The van der Waals surface area contributed by atoms with Crippen LogP contribution in [0.15, 0.2) is 42.9 Å². The number of primary amides is 1. The van der Waals surface area contributed by atoms with E-state index < -0.39 is 103 Å². The van der Waals surface area contributed by atoms with Gasteiger partial charge in [0.2, 0.25) is 35.4 Å². The molecular weight excluding hydrogens is 658 g/mol. The Kier molecular flexibility index (Phi) is 16.0. The predicted molar refractivity (Wildman–Crippen MR) is 174 cm³/mol. The van der Waals surface area contributed by atoms with Gasteiger partial charge in [0.1, 0.15) is 30.7 Å². The van der Waals surface area contributed by atoms with Gasteiger partial charge in [0, 0.05) is 24.7 Å². The Morgan fingerprint density at radius 3 is 1.94 bits per heavy atom. The first-order valence-electron chi connectivity index (χ1n) is 15.6. The molecule has 2 rings (SSSR count). The number of rotatable bonds is 21. The minimum absolute atomic E-state index is 0.0559. The SMILES string of the molecule is CC[C@H](C)[C@H](NC(=O)[C@H](Cc1cnc[nH]1)NC(=O)[C@H](Cc1ccccc1)NC(=O)[C@@H](N)CC(=O)O)C(=O)N[C@@H](CC(N)=O)C(=O)NCC(=O)O. The van der Waals surface area contributed by atoms with Gasteiger partial charge in [-0.3, -0.25) is 38.4 Å². The molecule has 1 aromatic carbocycles. The van der Waals surface area contributed by atoms with E-state index in [4.69, 9.17) is 21.7 Å². The maximum Gasteiger partial charge on any atom is 0.322 e. The number of amides is 6. The molecule has 0 saturated carbocycles. The number of benzene rings is 1. The number of carboxylic acids is 2. The largest absolute Gasteiger partial charge is 0.481 e. The lowest BCUT2D eigenvalue weighted by Gasteiger charge is -2.29. The van der Waals surface area contributed by atoms with E-state index >= 15 is 0 Å². The van der Waals surface area contributed by atoms with Crippen molar-refractivity contribution in [1.29, 1.82) is 0 Å². The summed E-state index contributed by atoms with van der Waals surface area (Å²) in [5.41, 5.74) is 12.0. The van der Waals surface area contributed by atoms with Crippen molar-refractivity contribution in [3.63, 3.8) is 0 Å². The zero-order valence-corrected chi connectivity index (χ0v) is 27.5. The second-order valence-corrected chi connectivity index (χ2v) is 11.5. The molecule has 0 bridgehead atoms. The topological polar surface area (TPSA) is 318 Å². The number of carbonyl (C=O) groups is 8. The van der Waals surface area contributed by atoms with Crippen molar-refractivity contribution in [1.82, 2.24) is 36.6 Å². The van der Waals surface area contributed by atoms with E-state index in [0.717, 1.165) is 0 Å². The van der Waals surface area contributed by atoms with E-state index in [1.807, 2.05) is 0 Å². The lowest BCUT2D eigenvalue weighted by molar-refractivity contribution is -0.140. The summed E-state index contributed by atoms with van der Waals surface area (Å²) in [6, 6.07) is 1.53. The molecule has 6 amide bonds. The van der Waals surface area contributed by atoms with Gasteiger partial charge in [0.15, 0.2) is 0 Å². The quantitative estimate of drug-likeness (QED) is 0.0625. The summed E-state index contributed by atoms with van der Waals surface area (Å²) < 4.78 is 0. The molecule has 1 heterocycles. The number of aliphatic carboxylic acids is 2. The summed E-state index contributed by atoms with van der Waals surface area (Å²) in [5, 5.41) is 30.0. The number of carbonyl (C=O) groups excluding carboxylic acids is 6. The summed E-state index contributed by atoms with van der Waals surface area (Å²) in [6.07, 6.45) is 1.53. The molecule has 0 unspecified atom stereocenters. The Hall–Kier alpha value is -5.85. The highest BCUT2D eigenvalue weighted by molar-refractivity contribution is 5.97. The van der Waals surface area contributed by atoms with Gasteiger partial charge >= 0.3 is 11.9 Å². The number of aromatic amines is 1. The highest BCUT2D eigenvalue weighted by atomic mass is 16.4. The molecule has 0 radical (unpaired) electrons. The third-order valence-electron chi connectivity index (χ3n) is 7.50. The Balaban J connectivity index is 2.36. The zero-order chi connectivity index (χ0) is 37.4. The molecule has 272 valence electrons. The number of H-pyrrole nitrogens is 1. The zero-order valence-electron chi connectivity index (χ0n) is 27.5. The molecule has 50 heavy (non-hydrogen) atoms. The van der Waals surface area contributed by atoms with Gasteiger partial charge in [0.25, 0.3) is 0 Å². The molecule has 0 spiro atoms. The number of nitrogens with one attached hydrogen (secondary N) is 6. The van der Waals surface area contributed by atoms with E-state index in [9.17, 15) is 38.4 Å². The molecule has 0 saturated heterocycles. The van der Waals surface area contributed by atoms with E-state index in [1.54, 1.807) is 44.2 Å². The van der Waals surface area contributed by atoms with Crippen LogP contribution < -0.4 is 38.1 Å². The summed E-state index contributed by atoms with van der Waals surface area (Å²) in [4.78, 5) is 107. The molecule has 0 aliphatic carbocycles. The minimum atomic E-state index is -1.56. The molecule has 19 heteroatoms. The number of nitrogens with two attached hydrogens (primary N) is 2. The van der Waals surface area contributed by atoms with E-state index in [1.165, 1.54) is 12.5 Å². The molecule has 6 atom stereocenters. The molecule has 0 aliphatic rings. The summed E-state index contributed by atoms with van der Waals surface area (Å²) in [6.45, 7) is 2.57. The van der Waals surface area contributed by atoms with Gasteiger partial charge in [-0.05, 0) is 11.5 Å². The van der Waals surface area contributed by atoms with Crippen LogP contribution >= 0.6 is 0 Å². The van der Waals surface area contributed by atoms with Gasteiger partial charge in [-0.1, -0.05) is 50.6 Å². The Morgan fingerprint density at radius 2 is 1.38 bits per heavy atom. The minimum Gasteiger partial charge on any atom is -0.481 e. The van der Waals surface area contributed by atoms with Crippen molar-refractivity contribution in [2.75, 3.05) is 6.54 Å². The Morgan fingerprint density at radius 1 is 0.780 bits per heavy atom. The lowest BCUT2D eigenvalue weighted by atomic mass is 9.96. The van der Waals surface area contributed by atoms with Crippen LogP contribution in [0.1, 0.15) is 44.4 Å². The van der Waals surface area contributed by atoms with Crippen LogP contribution in [0, 0.1) is 5.92 Å². The second-order valence-electron chi connectivity index (χ2n) is 11.5. The van der Waals surface area contributed by atoms with Crippen molar-refractivity contribution in [3.8, 4) is 0 Å². The average Bonchev–Trinajstić information content (AvgIpc) is 3.57. The van der Waals surface area contributed by atoms with Gasteiger partial charge in [-0.2, -0.15) is 0 Å². The predicted octanol–water partition coefficient (Wildman–Crippen LogP) is -2.94. The number of imidazole rings is 1. The van der Waals surface area contributed by atoms with Crippen molar-refractivity contribution in [3.05, 3.63) is 54.1 Å². The van der Waals surface area contributed by atoms with Crippen LogP contribution in [0.5, 0.6) is 0 Å². The smallest absolute Gasteiger partial charge is 0.322 e. The molecule has 0 fully saturated rings. The molecular formula is C31H43N9O10. The van der Waals surface area contributed by atoms with Crippen molar-refractivity contribution >= 4 is 47.4 Å². The third kappa shape index (κ3) is 13.7. The van der Waals surface area contributed by atoms with Crippen molar-refractivity contribution in [2.24, 2.45) is 17.4 Å². The van der Waals surface area contributed by atoms with Gasteiger partial charge in [-0.15, -0.1) is 0 Å². The lowest BCUT2D eigenvalue weighted by Crippen LogP contribution is -2.61. The number of carboxylic acid groups (broad SMARTS) is 2. The first-order chi connectivity index (χ1) is 23.6. The van der Waals surface area contributed by atoms with Crippen LogP contribution in [0.25, 0.3) is 0 Å². The van der Waals surface area contributed by atoms with Gasteiger partial charge < -0.3 is 53.2 Å².